The summed E-state index contributed by atoms with van der Waals surface area (Å²) in [6.45, 7) is 0. The van der Waals surface area contributed by atoms with Gasteiger partial charge in [0.15, 0.2) is 0 Å². The SMILES string of the molecule is N#Cc1ccc(C#N)c(-n2c3ccc(-n4c5c(c6ccccc64)C=CCC5)cc3c3c4ccccc4ccc32)c1. The van der Waals surface area contributed by atoms with Gasteiger partial charge in [0.25, 0.3) is 0 Å². The monoisotopic (exact) mass is 510 g/mol. The normalized spacial score (nSPS) is 12.7. The van der Waals surface area contributed by atoms with Crippen LogP contribution in [0.2, 0.25) is 0 Å². The summed E-state index contributed by atoms with van der Waals surface area (Å²) >= 11 is 0. The Morgan fingerprint density at radius 2 is 1.45 bits per heavy atom. The van der Waals surface area contributed by atoms with Crippen LogP contribution in [-0.2, 0) is 6.42 Å². The number of aromatic nitrogens is 2. The maximum atomic E-state index is 10.0. The fourth-order valence-corrected chi connectivity index (χ4v) is 6.52. The van der Waals surface area contributed by atoms with Crippen molar-refractivity contribution in [3.05, 3.63) is 126 Å². The Labute approximate surface area is 230 Å². The van der Waals surface area contributed by atoms with Crippen LogP contribution in [0.1, 0.15) is 28.8 Å². The van der Waals surface area contributed by atoms with E-state index in [9.17, 15) is 10.5 Å². The fourth-order valence-electron chi connectivity index (χ4n) is 6.52. The quantitative estimate of drug-likeness (QED) is 0.234. The summed E-state index contributed by atoms with van der Waals surface area (Å²) < 4.78 is 4.56. The van der Waals surface area contributed by atoms with Gasteiger partial charge in [-0.2, -0.15) is 10.5 Å². The van der Waals surface area contributed by atoms with Crippen molar-refractivity contribution in [3.63, 3.8) is 0 Å². The number of para-hydroxylation sites is 1. The summed E-state index contributed by atoms with van der Waals surface area (Å²) in [6, 6.07) is 37.9. The van der Waals surface area contributed by atoms with Gasteiger partial charge in [0.2, 0.25) is 0 Å². The molecular formula is C36H22N4. The number of allylic oxidation sites excluding steroid dienone is 1. The Kier molecular flexibility index (Phi) is 4.74. The molecule has 8 rings (SSSR count). The smallest absolute Gasteiger partial charge is 0.101 e. The van der Waals surface area contributed by atoms with Crippen LogP contribution in [0.5, 0.6) is 0 Å². The van der Waals surface area contributed by atoms with Gasteiger partial charge in [0.1, 0.15) is 6.07 Å². The Morgan fingerprint density at radius 1 is 0.650 bits per heavy atom. The van der Waals surface area contributed by atoms with E-state index in [1.807, 2.05) is 6.07 Å². The first-order valence-corrected chi connectivity index (χ1v) is 13.5. The number of nitriles is 2. The molecular weight excluding hydrogens is 488 g/mol. The molecule has 40 heavy (non-hydrogen) atoms. The van der Waals surface area contributed by atoms with E-state index in [4.69, 9.17) is 0 Å². The second-order valence-corrected chi connectivity index (χ2v) is 10.3. The van der Waals surface area contributed by atoms with E-state index in [2.05, 4.69) is 112 Å². The van der Waals surface area contributed by atoms with Crippen LogP contribution in [0, 0.1) is 22.7 Å². The molecule has 0 atom stereocenters. The van der Waals surface area contributed by atoms with Gasteiger partial charge in [-0.3, -0.25) is 0 Å². The zero-order chi connectivity index (χ0) is 26.8. The standard InChI is InChI=1S/C36H22N4/c37-21-23-13-14-25(22-38)35(19-23)40-33-18-16-26(20-30(33)36-27-8-2-1-7-24(27)15-17-34(36)40)39-31-11-5-3-9-28(31)29-10-4-6-12-32(29)39/h1-5,7-11,13-20H,6,12H2. The Balaban J connectivity index is 1.52. The van der Waals surface area contributed by atoms with E-state index >= 15 is 0 Å². The molecule has 0 saturated carbocycles. The number of hydrogen-bond acceptors (Lipinski definition) is 2. The molecule has 5 aromatic carbocycles. The third-order valence-corrected chi connectivity index (χ3v) is 8.23. The van der Waals surface area contributed by atoms with E-state index in [1.54, 1.807) is 12.1 Å². The number of hydrogen-bond donors (Lipinski definition) is 0. The summed E-state index contributed by atoms with van der Waals surface area (Å²) in [7, 11) is 0. The Bertz CT molecular complexity index is 2300. The molecule has 0 amide bonds. The van der Waals surface area contributed by atoms with Gasteiger partial charge in [-0.1, -0.05) is 60.7 Å². The van der Waals surface area contributed by atoms with Crippen LogP contribution in [-0.4, -0.2) is 9.13 Å². The maximum absolute atomic E-state index is 10.0. The molecule has 0 fully saturated rings. The number of benzene rings is 5. The molecule has 1 aliphatic carbocycles. The minimum Gasteiger partial charge on any atom is -0.313 e. The topological polar surface area (TPSA) is 57.4 Å². The van der Waals surface area contributed by atoms with Gasteiger partial charge in [0.05, 0.1) is 39.4 Å². The van der Waals surface area contributed by atoms with E-state index in [0.717, 1.165) is 51.4 Å². The molecule has 1 aliphatic rings. The summed E-state index contributed by atoms with van der Waals surface area (Å²) in [5, 5.41) is 25.6. The van der Waals surface area contributed by atoms with E-state index in [1.165, 1.54) is 27.5 Å². The van der Waals surface area contributed by atoms with Crippen LogP contribution in [0.3, 0.4) is 0 Å². The molecule has 0 aliphatic heterocycles. The minimum absolute atomic E-state index is 0.528. The lowest BCUT2D eigenvalue weighted by molar-refractivity contribution is 0.889. The highest BCUT2D eigenvalue weighted by Gasteiger charge is 2.21. The van der Waals surface area contributed by atoms with Crippen molar-refractivity contribution >= 4 is 49.6 Å². The lowest BCUT2D eigenvalue weighted by atomic mass is 10.0. The Morgan fingerprint density at radius 3 is 2.33 bits per heavy atom. The van der Waals surface area contributed by atoms with Crippen LogP contribution in [0.15, 0.2) is 103 Å². The van der Waals surface area contributed by atoms with Gasteiger partial charge in [-0.25, -0.2) is 0 Å². The lowest BCUT2D eigenvalue weighted by Crippen LogP contribution is -2.03. The molecule has 2 aromatic heterocycles. The summed E-state index contributed by atoms with van der Waals surface area (Å²) in [5.41, 5.74) is 8.78. The lowest BCUT2D eigenvalue weighted by Gasteiger charge is -2.14. The highest BCUT2D eigenvalue weighted by atomic mass is 15.0. The number of rotatable bonds is 2. The van der Waals surface area contributed by atoms with Crippen molar-refractivity contribution in [1.82, 2.24) is 9.13 Å². The minimum atomic E-state index is 0.528. The van der Waals surface area contributed by atoms with Crippen molar-refractivity contribution in [1.29, 1.82) is 10.5 Å². The van der Waals surface area contributed by atoms with E-state index in [0.29, 0.717) is 11.1 Å². The molecule has 0 saturated heterocycles. The number of fused-ring (bicyclic) bond motifs is 8. The largest absolute Gasteiger partial charge is 0.313 e. The first-order valence-electron chi connectivity index (χ1n) is 13.5. The molecule has 0 bridgehead atoms. The van der Waals surface area contributed by atoms with Gasteiger partial charge in [-0.15, -0.1) is 0 Å². The molecule has 186 valence electrons. The number of nitrogens with zero attached hydrogens (tertiary/aromatic N) is 4. The van der Waals surface area contributed by atoms with Gasteiger partial charge >= 0.3 is 0 Å². The highest BCUT2D eigenvalue weighted by Crippen LogP contribution is 2.40. The highest BCUT2D eigenvalue weighted by molar-refractivity contribution is 6.21. The van der Waals surface area contributed by atoms with Crippen molar-refractivity contribution in [3.8, 4) is 23.5 Å². The summed E-state index contributed by atoms with van der Waals surface area (Å²) in [4.78, 5) is 0. The molecule has 4 nitrogen and oxygen atoms in total. The van der Waals surface area contributed by atoms with Crippen LogP contribution < -0.4 is 0 Å². The van der Waals surface area contributed by atoms with Gasteiger partial charge < -0.3 is 9.13 Å². The third-order valence-electron chi connectivity index (χ3n) is 8.23. The van der Waals surface area contributed by atoms with Crippen LogP contribution in [0.25, 0.3) is 60.9 Å². The molecule has 0 spiro atoms. The molecule has 4 heteroatoms. The zero-order valence-electron chi connectivity index (χ0n) is 21.6. The second-order valence-electron chi connectivity index (χ2n) is 10.3. The first-order chi connectivity index (χ1) is 19.8. The van der Waals surface area contributed by atoms with Crippen LogP contribution >= 0.6 is 0 Å². The maximum Gasteiger partial charge on any atom is 0.101 e. The van der Waals surface area contributed by atoms with E-state index in [-0.39, 0.29) is 0 Å². The predicted molar refractivity (Wildman–Crippen MR) is 162 cm³/mol. The average Bonchev–Trinajstić information content (AvgIpc) is 3.53. The first kappa shape index (κ1) is 22.4. The van der Waals surface area contributed by atoms with E-state index < -0.39 is 0 Å². The average molecular weight is 511 g/mol. The summed E-state index contributed by atoms with van der Waals surface area (Å²) in [5.74, 6) is 0. The zero-order valence-corrected chi connectivity index (χ0v) is 21.6. The fraction of sp³-hybridized carbons (Fsp3) is 0.0556. The predicted octanol–water partition coefficient (Wildman–Crippen LogP) is 8.58. The van der Waals surface area contributed by atoms with Crippen LogP contribution in [0.4, 0.5) is 0 Å². The second kappa shape index (κ2) is 8.46. The van der Waals surface area contributed by atoms with Crippen molar-refractivity contribution in [2.45, 2.75) is 12.8 Å². The summed E-state index contributed by atoms with van der Waals surface area (Å²) in [6.07, 6.45) is 6.56. The van der Waals surface area contributed by atoms with Gasteiger partial charge in [0, 0.05) is 33.1 Å². The van der Waals surface area contributed by atoms with Gasteiger partial charge in [-0.05, 0) is 72.1 Å². The molecule has 0 N–H and O–H groups in total. The molecule has 7 aromatic rings. The van der Waals surface area contributed by atoms with Crippen molar-refractivity contribution in [2.75, 3.05) is 0 Å². The third kappa shape index (κ3) is 3.05. The van der Waals surface area contributed by atoms with Crippen molar-refractivity contribution < 1.29 is 0 Å². The Hall–Kier alpha value is -5.58. The molecule has 2 heterocycles. The molecule has 0 unspecified atom stereocenters. The van der Waals surface area contributed by atoms with Crippen molar-refractivity contribution in [2.24, 2.45) is 0 Å². The molecule has 0 radical (unpaired) electrons.